The lowest BCUT2D eigenvalue weighted by Gasteiger charge is -1.89. The third kappa shape index (κ3) is 805. The molecule has 0 heterocycles. The van der Waals surface area contributed by atoms with Crippen molar-refractivity contribution in [3.63, 3.8) is 0 Å². The van der Waals surface area contributed by atoms with E-state index >= 15 is 0 Å². The topological polar surface area (TPSA) is 113 Å². The fourth-order valence-corrected chi connectivity index (χ4v) is 0.0833. The predicted octanol–water partition coefficient (Wildman–Crippen LogP) is 4.16. The normalized spacial score (nSPS) is 7.57. The minimum atomic E-state index is -2.67. The van der Waals surface area contributed by atoms with Crippen LogP contribution < -0.4 is 0 Å². The van der Waals surface area contributed by atoms with Gasteiger partial charge in [-0.15, -0.1) is 0 Å². The van der Waals surface area contributed by atoms with Crippen molar-refractivity contribution < 1.29 is 36.4 Å². The van der Waals surface area contributed by atoms with Crippen LogP contribution in [0.4, 0.5) is 4.79 Å². The van der Waals surface area contributed by atoms with Crippen LogP contribution in [0.1, 0.15) is 21.3 Å². The molecule has 0 aliphatic heterocycles. The SMILES string of the molecule is C.CC(C)=O.COC.COC(=O)OC.CS(C)(=O)=O.CS(C)=O.CSC.CSSC. The third-order valence-electron chi connectivity index (χ3n) is 0.500. The van der Waals surface area contributed by atoms with E-state index in [1.54, 1.807) is 60.1 Å². The molecule has 0 spiro atoms. The zero-order valence-corrected chi connectivity index (χ0v) is 24.4. The van der Waals surface area contributed by atoms with E-state index in [0.29, 0.717) is 0 Å². The Bertz CT molecular complexity index is 378. The molecule has 0 aromatic carbocycles. The van der Waals surface area contributed by atoms with Gasteiger partial charge in [-0.25, -0.2) is 13.2 Å². The Morgan fingerprint density at radius 1 is 0.800 bits per heavy atom. The molecule has 0 fully saturated rings. The number of ether oxygens (including phenoxy) is 3. The quantitative estimate of drug-likeness (QED) is 0.354. The Morgan fingerprint density at radius 2 is 0.900 bits per heavy atom. The molecule has 0 aliphatic carbocycles. The van der Waals surface area contributed by atoms with Gasteiger partial charge in [0.05, 0.1) is 14.2 Å². The van der Waals surface area contributed by atoms with Crippen LogP contribution in [0.5, 0.6) is 0 Å². The number of thioether (sulfide) groups is 1. The Balaban J connectivity index is -0.0000000316. The number of hydrogen-bond acceptors (Lipinski definition) is 11. The average Bonchev–Trinajstić information content (AvgIpc) is 2.53. The molecule has 0 N–H and O–H groups in total. The number of sulfone groups is 1. The number of carbonyl (C=O) groups is 2. The molecule has 0 aromatic rings. The first-order valence-corrected chi connectivity index (χ1v) is 16.2. The van der Waals surface area contributed by atoms with E-state index in [0.717, 1.165) is 12.5 Å². The summed E-state index contributed by atoms with van der Waals surface area (Å²) in [5, 5.41) is 0. The molecule has 0 aliphatic rings. The van der Waals surface area contributed by atoms with Gasteiger partial charge in [0.1, 0.15) is 15.6 Å². The van der Waals surface area contributed by atoms with E-state index in [-0.39, 0.29) is 13.2 Å². The molecule has 0 unspecified atom stereocenters. The van der Waals surface area contributed by atoms with Crippen LogP contribution in [0.2, 0.25) is 0 Å². The standard InChI is InChI=1S/C3H6O3.C3H6O.C2H6O2S.C2H6OS.C2H6O.C2H6S2.C2H6S.CH4/c1-5-3(4)6-2;1-3(2)4;1-5(2,3)4;1-4(2)3;1-3-2;1-3-4-2;1-3-2;/h1-2H3;1-2H3;1-2H3;1-2H3;1-2H3;1-2H3;1-2H3;1H4. The van der Waals surface area contributed by atoms with Crippen LogP contribution in [0.3, 0.4) is 0 Å². The number of methoxy groups -OCH3 is 3. The maximum Gasteiger partial charge on any atom is 0.507 e. The fraction of sp³-hybridized carbons (Fsp3) is 0.882. The number of carbonyl (C=O) groups excluding carboxylic acids is 2. The molecule has 0 saturated heterocycles. The van der Waals surface area contributed by atoms with Gasteiger partial charge in [-0.2, -0.15) is 11.8 Å². The Hall–Kier alpha value is 0.0500. The summed E-state index contributed by atoms with van der Waals surface area (Å²) in [5.41, 5.74) is 0. The molecule has 0 bridgehead atoms. The third-order valence-corrected chi connectivity index (χ3v) is 1.83. The van der Waals surface area contributed by atoms with E-state index in [1.807, 2.05) is 12.5 Å². The minimum Gasteiger partial charge on any atom is -0.438 e. The monoisotopic (exact) mass is 538 g/mol. The van der Waals surface area contributed by atoms with E-state index in [4.69, 9.17) is 0 Å². The lowest BCUT2D eigenvalue weighted by atomic mass is 10.6. The van der Waals surface area contributed by atoms with Gasteiger partial charge in [0, 0.05) is 50.0 Å². The van der Waals surface area contributed by atoms with Crippen molar-refractivity contribution in [3.8, 4) is 0 Å². The molecule has 0 atom stereocenters. The highest BCUT2D eigenvalue weighted by Crippen LogP contribution is 2.09. The lowest BCUT2D eigenvalue weighted by molar-refractivity contribution is -0.115. The molecular weight excluding hydrogens is 493 g/mol. The molecular formula is C17H46O8S5. The molecule has 8 nitrogen and oxygen atoms in total. The largest absolute Gasteiger partial charge is 0.507 e. The molecule has 0 aromatic heterocycles. The van der Waals surface area contributed by atoms with Crippen LogP contribution in [0.25, 0.3) is 0 Å². The summed E-state index contributed by atoms with van der Waals surface area (Å²) in [6.07, 6.45) is 13.1. The van der Waals surface area contributed by atoms with E-state index in [1.165, 1.54) is 28.1 Å². The maximum absolute atomic E-state index is 9.74. The molecule has 0 amide bonds. The molecule has 13 heteroatoms. The van der Waals surface area contributed by atoms with Crippen molar-refractivity contribution in [1.29, 1.82) is 0 Å². The van der Waals surface area contributed by atoms with Crippen LogP contribution in [0, 0.1) is 0 Å². The Morgan fingerprint density at radius 3 is 0.900 bits per heavy atom. The van der Waals surface area contributed by atoms with Gasteiger partial charge in [-0.1, -0.05) is 29.0 Å². The zero-order valence-electron chi connectivity index (χ0n) is 20.3. The van der Waals surface area contributed by atoms with Crippen LogP contribution in [-0.4, -0.2) is 103 Å². The fourth-order valence-electron chi connectivity index (χ4n) is 0.0833. The lowest BCUT2D eigenvalue weighted by Crippen LogP contribution is -1.97. The minimum absolute atomic E-state index is 0. The first-order chi connectivity index (χ1) is 13.0. The van der Waals surface area contributed by atoms with E-state index < -0.39 is 26.8 Å². The second-order valence-electron chi connectivity index (χ2n) is 4.60. The average molecular weight is 539 g/mol. The van der Waals surface area contributed by atoms with E-state index in [2.05, 4.69) is 26.7 Å². The predicted molar refractivity (Wildman–Crippen MR) is 143 cm³/mol. The van der Waals surface area contributed by atoms with Crippen LogP contribution in [0.15, 0.2) is 0 Å². The Labute approximate surface area is 201 Å². The zero-order chi connectivity index (χ0) is 25.5. The molecule has 0 rings (SSSR count). The smallest absolute Gasteiger partial charge is 0.438 e. The summed E-state index contributed by atoms with van der Waals surface area (Å²) >= 11 is 1.75. The van der Waals surface area contributed by atoms with Gasteiger partial charge in [0.25, 0.3) is 0 Å². The van der Waals surface area contributed by atoms with Crippen molar-refractivity contribution in [2.45, 2.75) is 21.3 Å². The number of Topliss-reactive ketones (excluding diaryl/α,β-unsaturated/α-hetero) is 1. The highest BCUT2D eigenvalue weighted by atomic mass is 33.1. The molecule has 0 radical (unpaired) electrons. The van der Waals surface area contributed by atoms with Gasteiger partial charge in [0.15, 0.2) is 0 Å². The van der Waals surface area contributed by atoms with Crippen LogP contribution >= 0.6 is 33.3 Å². The summed E-state index contributed by atoms with van der Waals surface area (Å²) in [5.74, 6) is 0.167. The maximum atomic E-state index is 9.74. The first-order valence-electron chi connectivity index (χ1n) is 7.38. The molecule has 192 valence electrons. The van der Waals surface area contributed by atoms with Crippen molar-refractivity contribution >= 4 is 65.9 Å². The van der Waals surface area contributed by atoms with Crippen LogP contribution in [-0.2, 0) is 39.6 Å². The Kier molecular flexibility index (Phi) is 89.7. The van der Waals surface area contributed by atoms with Crippen molar-refractivity contribution in [2.75, 3.05) is 78.5 Å². The summed E-state index contributed by atoms with van der Waals surface area (Å²) < 4.78 is 41.1. The van der Waals surface area contributed by atoms with Gasteiger partial charge in [-0.05, 0) is 38.9 Å². The second kappa shape index (κ2) is 51.6. The highest BCUT2D eigenvalue weighted by molar-refractivity contribution is 8.76. The summed E-state index contributed by atoms with van der Waals surface area (Å²) in [6.45, 7) is 3.06. The first kappa shape index (κ1) is 52.2. The van der Waals surface area contributed by atoms with Crippen molar-refractivity contribution in [2.24, 2.45) is 0 Å². The van der Waals surface area contributed by atoms with Gasteiger partial charge < -0.3 is 19.0 Å². The summed E-state index contributed by atoms with van der Waals surface area (Å²) in [7, 11) is 6.03. The highest BCUT2D eigenvalue weighted by Gasteiger charge is 1.88. The second-order valence-corrected chi connectivity index (χ2v) is 11.9. The van der Waals surface area contributed by atoms with Gasteiger partial charge >= 0.3 is 6.16 Å². The number of ketones is 1. The van der Waals surface area contributed by atoms with E-state index in [9.17, 15) is 22.2 Å². The van der Waals surface area contributed by atoms with Gasteiger partial charge in [0.2, 0.25) is 0 Å². The summed E-state index contributed by atoms with van der Waals surface area (Å²) in [4.78, 5) is 19.2. The summed E-state index contributed by atoms with van der Waals surface area (Å²) in [6, 6.07) is 0. The number of rotatable bonds is 1. The number of hydrogen-bond donors (Lipinski definition) is 0. The molecule has 30 heavy (non-hydrogen) atoms. The molecule has 0 saturated carbocycles. The van der Waals surface area contributed by atoms with Crippen molar-refractivity contribution in [3.05, 3.63) is 0 Å². The van der Waals surface area contributed by atoms with Gasteiger partial charge in [-0.3, -0.25) is 4.21 Å². The van der Waals surface area contributed by atoms with Crippen molar-refractivity contribution in [1.82, 2.24) is 0 Å².